The van der Waals surface area contributed by atoms with Crippen molar-refractivity contribution in [1.82, 2.24) is 4.57 Å². The second-order valence-corrected chi connectivity index (χ2v) is 21.4. The molecule has 16 rings (SSSR count). The van der Waals surface area contributed by atoms with Gasteiger partial charge in [-0.1, -0.05) is 188 Å². The highest BCUT2D eigenvalue weighted by Crippen LogP contribution is 2.64. The Morgan fingerprint density at radius 2 is 0.831 bits per heavy atom. The summed E-state index contributed by atoms with van der Waals surface area (Å²) in [5.74, 6) is 0. The van der Waals surface area contributed by atoms with Crippen molar-refractivity contribution in [2.24, 2.45) is 0 Å². The maximum atomic E-state index is 2.45. The first-order chi connectivity index (χ1) is 38.2. The quantitative estimate of drug-likeness (QED) is 0.150. The van der Waals surface area contributed by atoms with E-state index in [9.17, 15) is 0 Å². The van der Waals surface area contributed by atoms with Crippen LogP contribution in [0.4, 0.5) is 34.1 Å². The van der Waals surface area contributed by atoms with Crippen LogP contribution in [0.25, 0.3) is 81.0 Å². The van der Waals surface area contributed by atoms with E-state index in [0.717, 1.165) is 50.9 Å². The smallest absolute Gasteiger partial charge is 0.0726 e. The number of thiophene rings is 1. The molecule has 0 unspecified atom stereocenters. The standard InChI is InChI=1S/C73H47N3S/c1-4-21-50(22-5-1)74(55-42-43-58-61-46-62-59-30-13-17-37-70(59)77-71(62)47-69(61)76(68(58)45-55)52-25-8-3-9-26-52)54-27-18-20-49(44-54)48-38-40-53(41-39-48)75(51-23-6-2-7-24-51)67-36-19-35-66-72(67)60-31-12-16-34-65(60)73(66)63-32-14-10-28-56(63)57-29-11-15-33-64(57)73/h1-47H. The number of aromatic nitrogens is 1. The SMILES string of the molecule is c1ccc(N(c2cccc(-c3ccc(N(c4ccccc4)c4cccc5c4-c4ccccc4C54c5ccccc5-c5ccccc54)cc3)c2)c2ccc3c4cc5c(cc4n(-c4ccccc4)c3c2)sc2ccccc25)cc1. The molecule has 2 heterocycles. The van der Waals surface area contributed by atoms with Crippen molar-refractivity contribution >= 4 is 87.4 Å². The fourth-order valence-electron chi connectivity index (χ4n) is 13.2. The fraction of sp³-hybridized carbons (Fsp3) is 0.0137. The molecule has 0 amide bonds. The molecule has 77 heavy (non-hydrogen) atoms. The van der Waals surface area contributed by atoms with Gasteiger partial charge in [0.25, 0.3) is 0 Å². The second kappa shape index (κ2) is 17.2. The van der Waals surface area contributed by atoms with Crippen LogP contribution in [0.3, 0.4) is 0 Å². The topological polar surface area (TPSA) is 11.4 Å². The fourth-order valence-corrected chi connectivity index (χ4v) is 14.3. The number of nitrogens with zero attached hydrogens (tertiary/aromatic N) is 3. The highest BCUT2D eigenvalue weighted by molar-refractivity contribution is 7.25. The molecule has 0 aliphatic heterocycles. The molecule has 2 aromatic heterocycles. The van der Waals surface area contributed by atoms with Gasteiger partial charge in [0.1, 0.15) is 0 Å². The van der Waals surface area contributed by atoms with Gasteiger partial charge < -0.3 is 14.4 Å². The number of hydrogen-bond donors (Lipinski definition) is 0. The summed E-state index contributed by atoms with van der Waals surface area (Å²) in [6.45, 7) is 0. The minimum absolute atomic E-state index is 0.432. The Balaban J connectivity index is 0.818. The zero-order valence-corrected chi connectivity index (χ0v) is 42.7. The van der Waals surface area contributed by atoms with Crippen molar-refractivity contribution in [1.29, 1.82) is 0 Å². The third-order valence-corrected chi connectivity index (χ3v) is 17.5. The minimum Gasteiger partial charge on any atom is -0.310 e. The van der Waals surface area contributed by atoms with Gasteiger partial charge in [-0.15, -0.1) is 11.3 Å². The predicted molar refractivity (Wildman–Crippen MR) is 325 cm³/mol. The van der Waals surface area contributed by atoms with Gasteiger partial charge in [0.05, 0.1) is 22.1 Å². The second-order valence-electron chi connectivity index (χ2n) is 20.4. The average Bonchev–Trinajstić information content (AvgIpc) is 4.31. The molecule has 0 fully saturated rings. The van der Waals surface area contributed by atoms with Crippen LogP contribution in [0.5, 0.6) is 0 Å². The van der Waals surface area contributed by atoms with Crippen LogP contribution >= 0.6 is 11.3 Å². The molecule has 0 radical (unpaired) electrons. The Bertz CT molecular complexity index is 4590. The first kappa shape index (κ1) is 43.6. The Kier molecular flexibility index (Phi) is 9.72. The Labute approximate surface area is 451 Å². The van der Waals surface area contributed by atoms with Crippen LogP contribution in [0.2, 0.25) is 0 Å². The van der Waals surface area contributed by atoms with E-state index in [4.69, 9.17) is 0 Å². The van der Waals surface area contributed by atoms with Gasteiger partial charge in [0, 0.05) is 70.6 Å². The molecule has 12 aromatic carbocycles. The van der Waals surface area contributed by atoms with Gasteiger partial charge in [0.15, 0.2) is 0 Å². The summed E-state index contributed by atoms with van der Waals surface area (Å²) in [6, 6.07) is 105. The normalized spacial score (nSPS) is 12.8. The van der Waals surface area contributed by atoms with Gasteiger partial charge in [-0.05, 0) is 147 Å². The molecule has 0 atom stereocenters. The Hall–Kier alpha value is -9.74. The van der Waals surface area contributed by atoms with Gasteiger partial charge in [-0.25, -0.2) is 0 Å². The van der Waals surface area contributed by atoms with E-state index < -0.39 is 5.41 Å². The van der Waals surface area contributed by atoms with E-state index >= 15 is 0 Å². The van der Waals surface area contributed by atoms with E-state index in [0.29, 0.717) is 0 Å². The highest BCUT2D eigenvalue weighted by atomic mass is 32.1. The summed E-state index contributed by atoms with van der Waals surface area (Å²) < 4.78 is 5.06. The van der Waals surface area contributed by atoms with E-state index in [-0.39, 0.29) is 0 Å². The molecule has 0 N–H and O–H groups in total. The molecule has 1 spiro atoms. The number of anilines is 6. The molecule has 14 aromatic rings. The van der Waals surface area contributed by atoms with Crippen LogP contribution < -0.4 is 9.80 Å². The summed E-state index contributed by atoms with van der Waals surface area (Å²) in [7, 11) is 0. The van der Waals surface area contributed by atoms with Crippen LogP contribution in [-0.4, -0.2) is 4.57 Å². The predicted octanol–water partition coefficient (Wildman–Crippen LogP) is 20.1. The molecule has 360 valence electrons. The Morgan fingerprint density at radius 1 is 0.299 bits per heavy atom. The molecular formula is C73H47N3S. The third kappa shape index (κ3) is 6.49. The molecule has 0 saturated heterocycles. The minimum atomic E-state index is -0.432. The lowest BCUT2D eigenvalue weighted by molar-refractivity contribution is 0.794. The van der Waals surface area contributed by atoms with Crippen LogP contribution in [0.15, 0.2) is 285 Å². The van der Waals surface area contributed by atoms with Crippen molar-refractivity contribution in [3.05, 3.63) is 307 Å². The number of benzene rings is 12. The molecule has 3 nitrogen and oxygen atoms in total. The molecule has 0 bridgehead atoms. The van der Waals surface area contributed by atoms with Crippen LogP contribution in [0.1, 0.15) is 22.3 Å². The lowest BCUT2D eigenvalue weighted by Gasteiger charge is -2.31. The van der Waals surface area contributed by atoms with Gasteiger partial charge in [-0.2, -0.15) is 0 Å². The van der Waals surface area contributed by atoms with Crippen molar-refractivity contribution in [2.75, 3.05) is 9.80 Å². The summed E-state index contributed by atoms with van der Waals surface area (Å²) in [6.07, 6.45) is 0. The zero-order chi connectivity index (χ0) is 50.6. The number of fused-ring (bicyclic) bond motifs is 16. The number of para-hydroxylation sites is 3. The van der Waals surface area contributed by atoms with Crippen molar-refractivity contribution in [2.45, 2.75) is 5.41 Å². The monoisotopic (exact) mass is 997 g/mol. The first-order valence-electron chi connectivity index (χ1n) is 26.5. The maximum absolute atomic E-state index is 2.45. The van der Waals surface area contributed by atoms with E-state index in [1.807, 2.05) is 11.3 Å². The summed E-state index contributed by atoms with van der Waals surface area (Å²) >= 11 is 1.87. The number of hydrogen-bond acceptors (Lipinski definition) is 3. The summed E-state index contributed by atoms with van der Waals surface area (Å²) in [4.78, 5) is 4.85. The van der Waals surface area contributed by atoms with E-state index in [2.05, 4.69) is 299 Å². The van der Waals surface area contributed by atoms with E-state index in [1.165, 1.54) is 86.5 Å². The first-order valence-corrected chi connectivity index (χ1v) is 27.3. The molecule has 2 aliphatic rings. The van der Waals surface area contributed by atoms with Crippen molar-refractivity contribution in [3.8, 4) is 39.1 Å². The van der Waals surface area contributed by atoms with Gasteiger partial charge >= 0.3 is 0 Å². The Morgan fingerprint density at radius 3 is 1.56 bits per heavy atom. The lowest BCUT2D eigenvalue weighted by Crippen LogP contribution is -2.26. The molecule has 4 heteroatoms. The molecule has 2 aliphatic carbocycles. The van der Waals surface area contributed by atoms with E-state index in [1.54, 1.807) is 0 Å². The third-order valence-electron chi connectivity index (χ3n) is 16.4. The van der Waals surface area contributed by atoms with Crippen LogP contribution in [0, 0.1) is 0 Å². The van der Waals surface area contributed by atoms with Gasteiger partial charge in [-0.3, -0.25) is 0 Å². The highest BCUT2D eigenvalue weighted by Gasteiger charge is 2.52. The molecular weight excluding hydrogens is 951 g/mol. The van der Waals surface area contributed by atoms with Crippen LogP contribution in [-0.2, 0) is 5.41 Å². The van der Waals surface area contributed by atoms with Gasteiger partial charge in [0.2, 0.25) is 0 Å². The lowest BCUT2D eigenvalue weighted by atomic mass is 9.70. The van der Waals surface area contributed by atoms with Crippen molar-refractivity contribution < 1.29 is 0 Å². The zero-order valence-electron chi connectivity index (χ0n) is 41.9. The summed E-state index contributed by atoms with van der Waals surface area (Å²) in [5.41, 5.74) is 22.5. The largest absolute Gasteiger partial charge is 0.310 e. The summed E-state index contributed by atoms with van der Waals surface area (Å²) in [5, 5.41) is 5.10. The maximum Gasteiger partial charge on any atom is 0.0726 e. The average molecular weight is 998 g/mol. The number of rotatable bonds is 8. The molecule has 0 saturated carbocycles. The van der Waals surface area contributed by atoms with Crippen molar-refractivity contribution in [3.63, 3.8) is 0 Å².